The number of thiazole rings is 1. The Balaban J connectivity index is 1.51. The van der Waals surface area contributed by atoms with Gasteiger partial charge in [0.25, 0.3) is 0 Å². The number of carbonyl (C=O) groups excluding carboxylic acids is 1. The second-order valence-electron chi connectivity index (χ2n) is 5.84. The summed E-state index contributed by atoms with van der Waals surface area (Å²) in [4.78, 5) is 16.3. The Hall–Kier alpha value is -2.56. The summed E-state index contributed by atoms with van der Waals surface area (Å²) in [6.07, 6.45) is 3.54. The lowest BCUT2D eigenvalue weighted by molar-refractivity contribution is -0.143. The molecule has 1 N–H and O–H groups in total. The Kier molecular flexibility index (Phi) is 5.68. The molecule has 10 heteroatoms. The number of benzene rings is 1. The first kappa shape index (κ1) is 19.2. The van der Waals surface area contributed by atoms with Crippen LogP contribution in [-0.2, 0) is 33.2 Å². The van der Waals surface area contributed by atoms with Crippen molar-refractivity contribution in [1.82, 2.24) is 19.5 Å². The van der Waals surface area contributed by atoms with E-state index in [2.05, 4.69) is 14.8 Å². The molecule has 0 amide bonds. The van der Waals surface area contributed by atoms with Gasteiger partial charge in [0.1, 0.15) is 18.2 Å². The molecule has 0 aliphatic rings. The molecule has 3 aromatic rings. The van der Waals surface area contributed by atoms with Gasteiger partial charge in [-0.1, -0.05) is 17.7 Å². The second kappa shape index (κ2) is 7.99. The fourth-order valence-electron chi connectivity index (χ4n) is 2.20. The Morgan fingerprint density at radius 1 is 1.30 bits per heavy atom. The highest BCUT2D eigenvalue weighted by Gasteiger charge is 2.16. The topological polar surface area (TPSA) is 103 Å². The summed E-state index contributed by atoms with van der Waals surface area (Å²) < 4.78 is 33.3. The standard InChI is InChI=1S/C17H18N4O4S2/c1-12-3-5-15(6-4-12)27(23,24)19-8-16(22)25-10-14-11-26-17(20-14)13-7-18-21(2)9-13/h3-7,9,11,19H,8,10H2,1-2H3. The normalized spacial score (nSPS) is 11.5. The van der Waals surface area contributed by atoms with E-state index in [0.717, 1.165) is 16.1 Å². The molecule has 8 nitrogen and oxygen atoms in total. The third-order valence-electron chi connectivity index (χ3n) is 3.62. The monoisotopic (exact) mass is 406 g/mol. The maximum atomic E-state index is 12.1. The highest BCUT2D eigenvalue weighted by atomic mass is 32.2. The third kappa shape index (κ3) is 5.00. The smallest absolute Gasteiger partial charge is 0.321 e. The lowest BCUT2D eigenvalue weighted by Gasteiger charge is -2.07. The summed E-state index contributed by atoms with van der Waals surface area (Å²) in [7, 11) is -1.94. The van der Waals surface area contributed by atoms with Crippen LogP contribution in [0, 0.1) is 6.92 Å². The minimum absolute atomic E-state index is 0.0259. The number of nitrogens with one attached hydrogen (secondary N) is 1. The molecule has 142 valence electrons. The van der Waals surface area contributed by atoms with Gasteiger partial charge in [-0.3, -0.25) is 9.48 Å². The van der Waals surface area contributed by atoms with Gasteiger partial charge in [0, 0.05) is 24.2 Å². The number of rotatable bonds is 7. The molecule has 0 aliphatic heterocycles. The summed E-state index contributed by atoms with van der Waals surface area (Å²) >= 11 is 1.42. The van der Waals surface area contributed by atoms with Crippen molar-refractivity contribution in [3.63, 3.8) is 0 Å². The fraction of sp³-hybridized carbons (Fsp3) is 0.235. The minimum atomic E-state index is -3.76. The van der Waals surface area contributed by atoms with E-state index in [0.29, 0.717) is 5.69 Å². The molecular formula is C17H18N4O4S2. The molecule has 2 aromatic heterocycles. The van der Waals surface area contributed by atoms with Gasteiger partial charge in [0.2, 0.25) is 10.0 Å². The molecule has 0 unspecified atom stereocenters. The molecular weight excluding hydrogens is 388 g/mol. The van der Waals surface area contributed by atoms with E-state index in [4.69, 9.17) is 4.74 Å². The average Bonchev–Trinajstić information content (AvgIpc) is 3.27. The van der Waals surface area contributed by atoms with Crippen LogP contribution in [0.2, 0.25) is 0 Å². The Morgan fingerprint density at radius 2 is 2.04 bits per heavy atom. The lowest BCUT2D eigenvalue weighted by Crippen LogP contribution is -2.30. The zero-order valence-electron chi connectivity index (χ0n) is 14.7. The van der Waals surface area contributed by atoms with Crippen molar-refractivity contribution < 1.29 is 17.9 Å². The number of hydrogen-bond donors (Lipinski definition) is 1. The average molecular weight is 406 g/mol. The first-order valence-electron chi connectivity index (χ1n) is 7.99. The Bertz CT molecular complexity index is 1040. The predicted molar refractivity (Wildman–Crippen MR) is 100 cm³/mol. The Labute approximate surface area is 160 Å². The van der Waals surface area contributed by atoms with Crippen molar-refractivity contribution >= 4 is 27.3 Å². The van der Waals surface area contributed by atoms with Crippen molar-refractivity contribution in [2.24, 2.45) is 7.05 Å². The largest absolute Gasteiger partial charge is 0.458 e. The summed E-state index contributed by atoms with van der Waals surface area (Å²) in [6.45, 7) is 1.39. The van der Waals surface area contributed by atoms with E-state index < -0.39 is 22.5 Å². The van der Waals surface area contributed by atoms with Crippen LogP contribution in [0.5, 0.6) is 0 Å². The van der Waals surface area contributed by atoms with E-state index in [1.165, 1.54) is 23.5 Å². The highest BCUT2D eigenvalue weighted by molar-refractivity contribution is 7.89. The Morgan fingerprint density at radius 3 is 2.70 bits per heavy atom. The molecule has 27 heavy (non-hydrogen) atoms. The van der Waals surface area contributed by atoms with Gasteiger partial charge in [-0.05, 0) is 19.1 Å². The van der Waals surface area contributed by atoms with Crippen molar-refractivity contribution in [1.29, 1.82) is 0 Å². The van der Waals surface area contributed by atoms with Crippen LogP contribution in [0.15, 0.2) is 46.9 Å². The highest BCUT2D eigenvalue weighted by Crippen LogP contribution is 2.23. The summed E-state index contributed by atoms with van der Waals surface area (Å²) in [5.41, 5.74) is 2.42. The van der Waals surface area contributed by atoms with Gasteiger partial charge in [-0.25, -0.2) is 13.4 Å². The maximum absolute atomic E-state index is 12.1. The molecule has 0 saturated heterocycles. The van der Waals surface area contributed by atoms with Crippen molar-refractivity contribution in [3.8, 4) is 10.6 Å². The molecule has 0 atom stereocenters. The van der Waals surface area contributed by atoms with Crippen LogP contribution in [0.3, 0.4) is 0 Å². The molecule has 0 fully saturated rings. The number of sulfonamides is 1. The maximum Gasteiger partial charge on any atom is 0.321 e. The number of aryl methyl sites for hydroxylation is 2. The van der Waals surface area contributed by atoms with Crippen LogP contribution in [0.25, 0.3) is 10.6 Å². The van der Waals surface area contributed by atoms with Crippen LogP contribution in [0.4, 0.5) is 0 Å². The second-order valence-corrected chi connectivity index (χ2v) is 8.47. The predicted octanol–water partition coefficient (Wildman–Crippen LogP) is 1.87. The van der Waals surface area contributed by atoms with Crippen LogP contribution < -0.4 is 4.72 Å². The van der Waals surface area contributed by atoms with Gasteiger partial charge in [0.05, 0.1) is 16.8 Å². The summed E-state index contributed by atoms with van der Waals surface area (Å²) in [5, 5.41) is 6.64. The van der Waals surface area contributed by atoms with Gasteiger partial charge in [-0.2, -0.15) is 9.82 Å². The quantitative estimate of drug-likeness (QED) is 0.601. The summed E-state index contributed by atoms with van der Waals surface area (Å²) in [5.74, 6) is -0.679. The molecule has 0 bridgehead atoms. The number of nitrogens with zero attached hydrogens (tertiary/aromatic N) is 3. The molecule has 1 aromatic carbocycles. The van der Waals surface area contributed by atoms with E-state index in [1.54, 1.807) is 28.4 Å². The van der Waals surface area contributed by atoms with Gasteiger partial charge < -0.3 is 4.74 Å². The molecule has 0 spiro atoms. The lowest BCUT2D eigenvalue weighted by atomic mass is 10.2. The number of ether oxygens (including phenoxy) is 1. The van der Waals surface area contributed by atoms with Crippen molar-refractivity contribution in [2.75, 3.05) is 6.54 Å². The van der Waals surface area contributed by atoms with E-state index in [1.807, 2.05) is 20.2 Å². The zero-order chi connectivity index (χ0) is 19.4. The molecule has 0 saturated carbocycles. The summed E-state index contributed by atoms with van der Waals surface area (Å²) in [6, 6.07) is 6.35. The minimum Gasteiger partial charge on any atom is -0.458 e. The van der Waals surface area contributed by atoms with Gasteiger partial charge in [0.15, 0.2) is 0 Å². The molecule has 2 heterocycles. The number of hydrogen-bond acceptors (Lipinski definition) is 7. The van der Waals surface area contributed by atoms with Gasteiger partial charge in [-0.15, -0.1) is 11.3 Å². The van der Waals surface area contributed by atoms with Crippen molar-refractivity contribution in [2.45, 2.75) is 18.4 Å². The van der Waals surface area contributed by atoms with Crippen LogP contribution >= 0.6 is 11.3 Å². The van der Waals surface area contributed by atoms with Crippen LogP contribution in [0.1, 0.15) is 11.3 Å². The van der Waals surface area contributed by atoms with E-state index >= 15 is 0 Å². The molecule has 0 radical (unpaired) electrons. The first-order chi connectivity index (χ1) is 12.8. The fourth-order valence-corrected chi connectivity index (χ4v) is 3.95. The van der Waals surface area contributed by atoms with E-state index in [-0.39, 0.29) is 11.5 Å². The van der Waals surface area contributed by atoms with E-state index in [9.17, 15) is 13.2 Å². The molecule has 3 rings (SSSR count). The molecule has 0 aliphatic carbocycles. The SMILES string of the molecule is Cc1ccc(S(=O)(=O)NCC(=O)OCc2csc(-c3cnn(C)c3)n2)cc1. The number of esters is 1. The van der Waals surface area contributed by atoms with Crippen molar-refractivity contribution in [3.05, 3.63) is 53.3 Å². The number of carbonyl (C=O) groups is 1. The first-order valence-corrected chi connectivity index (χ1v) is 10.4. The third-order valence-corrected chi connectivity index (χ3v) is 5.98. The number of aromatic nitrogens is 3. The van der Waals surface area contributed by atoms with Gasteiger partial charge >= 0.3 is 5.97 Å². The van der Waals surface area contributed by atoms with Crippen LogP contribution in [-0.4, -0.2) is 35.7 Å². The zero-order valence-corrected chi connectivity index (χ0v) is 16.4.